The quantitative estimate of drug-likeness (QED) is 0.746. The van der Waals surface area contributed by atoms with Gasteiger partial charge in [-0.1, -0.05) is 35.4 Å². The predicted octanol–water partition coefficient (Wildman–Crippen LogP) is 4.00. The first kappa shape index (κ1) is 17.8. The first-order valence-corrected chi connectivity index (χ1v) is 8.99. The molecule has 2 aromatic carbocycles. The van der Waals surface area contributed by atoms with Crippen LogP contribution < -0.4 is 4.31 Å². The number of rotatable bonds is 5. The van der Waals surface area contributed by atoms with E-state index in [-0.39, 0.29) is 10.6 Å². The molecule has 2 rings (SSSR count). The molecule has 0 saturated carbocycles. The second kappa shape index (κ2) is 6.91. The third-order valence-electron chi connectivity index (χ3n) is 3.32. The first-order valence-electron chi connectivity index (χ1n) is 6.79. The van der Waals surface area contributed by atoms with E-state index >= 15 is 0 Å². The van der Waals surface area contributed by atoms with Crippen LogP contribution in [0.1, 0.15) is 12.5 Å². The van der Waals surface area contributed by atoms with Crippen molar-refractivity contribution in [3.8, 4) is 0 Å². The summed E-state index contributed by atoms with van der Waals surface area (Å²) < 4.78 is 26.9. The number of anilines is 1. The molecule has 0 fully saturated rings. The van der Waals surface area contributed by atoms with Gasteiger partial charge in [0.2, 0.25) is 5.24 Å². The summed E-state index contributed by atoms with van der Waals surface area (Å²) in [5, 5.41) is -0.415. The van der Waals surface area contributed by atoms with Crippen molar-refractivity contribution in [1.82, 2.24) is 0 Å². The van der Waals surface area contributed by atoms with Crippen LogP contribution in [-0.2, 0) is 14.8 Å². The topological polar surface area (TPSA) is 54.5 Å². The molecule has 0 amide bonds. The van der Waals surface area contributed by atoms with Gasteiger partial charge >= 0.3 is 0 Å². The predicted molar refractivity (Wildman–Crippen MR) is 92.6 cm³/mol. The zero-order chi connectivity index (χ0) is 17.2. The molecule has 0 N–H and O–H groups in total. The zero-order valence-electron chi connectivity index (χ0n) is 12.5. The number of carbonyl (C=O) groups excluding carboxylic acids is 1. The van der Waals surface area contributed by atoms with Gasteiger partial charge in [0.05, 0.1) is 10.6 Å². The van der Waals surface area contributed by atoms with E-state index in [0.29, 0.717) is 5.02 Å². The fourth-order valence-electron chi connectivity index (χ4n) is 2.10. The highest BCUT2D eigenvalue weighted by Gasteiger charge is 2.32. The maximum Gasteiger partial charge on any atom is 0.265 e. The standard InChI is InChI=1S/C16H15Cl2NO3S/c1-11-6-8-15(9-7-11)23(21,22)19(12(2)16(18)20)14-5-3-4-13(17)10-14/h3-10,12H,1-2H3. The summed E-state index contributed by atoms with van der Waals surface area (Å²) in [6, 6.07) is 11.6. The number of hydrogen-bond donors (Lipinski definition) is 0. The van der Waals surface area contributed by atoms with Gasteiger partial charge in [-0.3, -0.25) is 9.10 Å². The Morgan fingerprint density at radius 3 is 2.26 bits per heavy atom. The molecule has 1 atom stereocenters. The van der Waals surface area contributed by atoms with Crippen LogP contribution in [0.15, 0.2) is 53.4 Å². The number of aryl methyl sites for hydroxylation is 1. The Labute approximate surface area is 145 Å². The number of nitrogens with zero attached hydrogens (tertiary/aromatic N) is 1. The normalized spacial score (nSPS) is 12.7. The highest BCUT2D eigenvalue weighted by molar-refractivity contribution is 7.93. The van der Waals surface area contributed by atoms with E-state index in [4.69, 9.17) is 23.2 Å². The minimum absolute atomic E-state index is 0.0767. The average molecular weight is 372 g/mol. The summed E-state index contributed by atoms with van der Waals surface area (Å²) in [5.74, 6) is 0. The van der Waals surface area contributed by atoms with Gasteiger partial charge in [0.15, 0.2) is 0 Å². The third-order valence-corrected chi connectivity index (χ3v) is 5.78. The Hall–Kier alpha value is -1.56. The maximum absolute atomic E-state index is 13.0. The van der Waals surface area contributed by atoms with Crippen molar-refractivity contribution in [2.75, 3.05) is 4.31 Å². The number of hydrogen-bond acceptors (Lipinski definition) is 3. The minimum Gasteiger partial charge on any atom is -0.279 e. The Morgan fingerprint density at radius 2 is 1.74 bits per heavy atom. The van der Waals surface area contributed by atoms with Crippen LogP contribution in [0.25, 0.3) is 0 Å². The lowest BCUT2D eigenvalue weighted by molar-refractivity contribution is -0.112. The Morgan fingerprint density at radius 1 is 1.13 bits per heavy atom. The van der Waals surface area contributed by atoms with Crippen LogP contribution in [0, 0.1) is 6.92 Å². The van der Waals surface area contributed by atoms with E-state index in [1.54, 1.807) is 30.3 Å². The van der Waals surface area contributed by atoms with Crippen LogP contribution in [-0.4, -0.2) is 19.7 Å². The SMILES string of the molecule is Cc1ccc(S(=O)(=O)N(c2cccc(Cl)c2)C(C)C(=O)Cl)cc1. The van der Waals surface area contributed by atoms with Gasteiger partial charge in [0.1, 0.15) is 6.04 Å². The van der Waals surface area contributed by atoms with Crippen molar-refractivity contribution < 1.29 is 13.2 Å². The van der Waals surface area contributed by atoms with Crippen molar-refractivity contribution in [2.24, 2.45) is 0 Å². The monoisotopic (exact) mass is 371 g/mol. The van der Waals surface area contributed by atoms with Crippen molar-refractivity contribution in [2.45, 2.75) is 24.8 Å². The molecule has 0 heterocycles. The molecule has 0 aliphatic heterocycles. The van der Waals surface area contributed by atoms with Gasteiger partial charge in [-0.15, -0.1) is 0 Å². The van der Waals surface area contributed by atoms with Crippen LogP contribution in [0.2, 0.25) is 5.02 Å². The van der Waals surface area contributed by atoms with E-state index in [1.807, 2.05) is 6.92 Å². The molecule has 122 valence electrons. The van der Waals surface area contributed by atoms with E-state index in [1.165, 1.54) is 25.1 Å². The molecule has 7 heteroatoms. The van der Waals surface area contributed by atoms with E-state index < -0.39 is 21.3 Å². The lowest BCUT2D eigenvalue weighted by Crippen LogP contribution is -2.42. The van der Waals surface area contributed by atoms with E-state index in [2.05, 4.69) is 0 Å². The molecular formula is C16H15Cl2NO3S. The summed E-state index contributed by atoms with van der Waals surface area (Å²) in [6.45, 7) is 3.29. The maximum atomic E-state index is 13.0. The van der Waals surface area contributed by atoms with Gasteiger partial charge < -0.3 is 0 Å². The van der Waals surface area contributed by atoms with Gasteiger partial charge in [0, 0.05) is 5.02 Å². The highest BCUT2D eigenvalue weighted by atomic mass is 35.5. The van der Waals surface area contributed by atoms with E-state index in [9.17, 15) is 13.2 Å². The molecule has 2 aromatic rings. The van der Waals surface area contributed by atoms with Gasteiger partial charge in [-0.05, 0) is 55.8 Å². The Bertz CT molecular complexity index is 819. The lowest BCUT2D eigenvalue weighted by atomic mass is 10.2. The number of carbonyl (C=O) groups is 1. The fraction of sp³-hybridized carbons (Fsp3) is 0.188. The summed E-state index contributed by atoms with van der Waals surface area (Å²) in [5.41, 5.74) is 1.21. The number of halogens is 2. The molecule has 1 unspecified atom stereocenters. The summed E-state index contributed by atoms with van der Waals surface area (Å²) in [7, 11) is -3.96. The second-order valence-corrected chi connectivity index (χ2v) is 7.70. The molecule has 23 heavy (non-hydrogen) atoms. The van der Waals surface area contributed by atoms with Crippen molar-refractivity contribution in [3.63, 3.8) is 0 Å². The highest BCUT2D eigenvalue weighted by Crippen LogP contribution is 2.29. The molecule has 0 saturated heterocycles. The van der Waals surface area contributed by atoms with E-state index in [0.717, 1.165) is 9.87 Å². The van der Waals surface area contributed by atoms with Crippen LogP contribution in [0.5, 0.6) is 0 Å². The minimum atomic E-state index is -3.96. The fourth-order valence-corrected chi connectivity index (χ4v) is 4.05. The number of sulfonamides is 1. The summed E-state index contributed by atoms with van der Waals surface area (Å²) in [6.07, 6.45) is 0. The molecule has 0 spiro atoms. The number of benzene rings is 2. The summed E-state index contributed by atoms with van der Waals surface area (Å²) in [4.78, 5) is 11.7. The Kier molecular flexibility index (Phi) is 5.34. The molecule has 4 nitrogen and oxygen atoms in total. The third kappa shape index (κ3) is 3.86. The molecule has 0 aromatic heterocycles. The van der Waals surface area contributed by atoms with Gasteiger partial charge in [-0.25, -0.2) is 8.42 Å². The Balaban J connectivity index is 2.61. The molecule has 0 radical (unpaired) electrons. The van der Waals surface area contributed by atoms with Gasteiger partial charge in [0.25, 0.3) is 10.0 Å². The molecule has 0 aliphatic carbocycles. The van der Waals surface area contributed by atoms with Crippen molar-refractivity contribution in [1.29, 1.82) is 0 Å². The molecular weight excluding hydrogens is 357 g/mol. The lowest BCUT2D eigenvalue weighted by Gasteiger charge is -2.28. The first-order chi connectivity index (χ1) is 10.7. The molecule has 0 bridgehead atoms. The second-order valence-electron chi connectivity index (χ2n) is 5.07. The van der Waals surface area contributed by atoms with Crippen LogP contribution >= 0.6 is 23.2 Å². The van der Waals surface area contributed by atoms with Crippen molar-refractivity contribution >= 4 is 44.2 Å². The smallest absolute Gasteiger partial charge is 0.265 e. The largest absolute Gasteiger partial charge is 0.279 e. The van der Waals surface area contributed by atoms with Crippen LogP contribution in [0.3, 0.4) is 0 Å². The van der Waals surface area contributed by atoms with Gasteiger partial charge in [-0.2, -0.15) is 0 Å². The van der Waals surface area contributed by atoms with Crippen LogP contribution in [0.4, 0.5) is 5.69 Å². The zero-order valence-corrected chi connectivity index (χ0v) is 14.9. The molecule has 0 aliphatic rings. The average Bonchev–Trinajstić information content (AvgIpc) is 2.47. The van der Waals surface area contributed by atoms with Crippen molar-refractivity contribution in [3.05, 3.63) is 59.1 Å². The summed E-state index contributed by atoms with van der Waals surface area (Å²) >= 11 is 11.5.